The second kappa shape index (κ2) is 7.36. The second-order valence-corrected chi connectivity index (χ2v) is 7.16. The number of anilines is 1. The fraction of sp³-hybridized carbons (Fsp3) is 0.316. The van der Waals surface area contributed by atoms with Crippen LogP contribution in [0.1, 0.15) is 5.56 Å². The quantitative estimate of drug-likeness (QED) is 0.627. The molecule has 3 heterocycles. The monoisotopic (exact) mass is 432 g/mol. The molecule has 0 spiro atoms. The molecular weight excluding hydrogens is 415 g/mol. The zero-order valence-electron chi connectivity index (χ0n) is 15.0. The van der Waals surface area contributed by atoms with Crippen molar-refractivity contribution in [3.8, 4) is 17.1 Å². The summed E-state index contributed by atoms with van der Waals surface area (Å²) in [5, 5.41) is 0.630. The molecule has 140 valence electrons. The number of nitrogens with zero attached hydrogens (tertiary/aromatic N) is 4. The number of halogens is 2. The summed E-state index contributed by atoms with van der Waals surface area (Å²) in [6.45, 7) is 4.60. The number of pyridine rings is 1. The summed E-state index contributed by atoms with van der Waals surface area (Å²) in [6, 6.07) is 4.81. The minimum atomic E-state index is -0.350. The first-order valence-corrected chi connectivity index (χ1v) is 9.36. The molecule has 1 saturated heterocycles. The summed E-state index contributed by atoms with van der Waals surface area (Å²) < 4.78 is 25.4. The van der Waals surface area contributed by atoms with E-state index < -0.39 is 0 Å². The van der Waals surface area contributed by atoms with Gasteiger partial charge in [-0.1, -0.05) is 0 Å². The molecule has 0 saturated carbocycles. The number of benzene rings is 1. The molecule has 1 aliphatic heterocycles. The number of methoxy groups -OCH3 is 1. The van der Waals surface area contributed by atoms with Crippen molar-refractivity contribution >= 4 is 32.8 Å². The Morgan fingerprint density at radius 3 is 2.67 bits per heavy atom. The van der Waals surface area contributed by atoms with Crippen molar-refractivity contribution in [2.75, 3.05) is 38.3 Å². The number of aryl methyl sites for hydroxylation is 1. The smallest absolute Gasteiger partial charge is 0.226 e. The summed E-state index contributed by atoms with van der Waals surface area (Å²) >= 11 is 3.44. The maximum absolute atomic E-state index is 14.1. The Kier molecular flexibility index (Phi) is 4.92. The minimum absolute atomic E-state index is 0.350. The lowest BCUT2D eigenvalue weighted by Gasteiger charge is -2.27. The fourth-order valence-electron chi connectivity index (χ4n) is 3.18. The van der Waals surface area contributed by atoms with E-state index in [1.807, 2.05) is 13.0 Å². The van der Waals surface area contributed by atoms with Crippen LogP contribution in [0.5, 0.6) is 5.88 Å². The van der Waals surface area contributed by atoms with Gasteiger partial charge in [0.25, 0.3) is 0 Å². The highest BCUT2D eigenvalue weighted by atomic mass is 79.9. The van der Waals surface area contributed by atoms with Crippen LogP contribution >= 0.6 is 15.9 Å². The number of rotatable bonds is 3. The van der Waals surface area contributed by atoms with Gasteiger partial charge in [-0.25, -0.2) is 19.3 Å². The van der Waals surface area contributed by atoms with Crippen molar-refractivity contribution in [1.29, 1.82) is 0 Å². The van der Waals surface area contributed by atoms with E-state index in [0.29, 0.717) is 59.2 Å². The third-order valence-corrected chi connectivity index (χ3v) is 5.10. The van der Waals surface area contributed by atoms with E-state index in [4.69, 9.17) is 14.5 Å². The molecule has 8 heteroatoms. The molecule has 3 aromatic rings. The van der Waals surface area contributed by atoms with Gasteiger partial charge >= 0.3 is 0 Å². The Morgan fingerprint density at radius 2 is 1.96 bits per heavy atom. The summed E-state index contributed by atoms with van der Waals surface area (Å²) in [5.74, 6) is 0.802. The first-order chi connectivity index (χ1) is 13.1. The van der Waals surface area contributed by atoms with Crippen molar-refractivity contribution in [3.05, 3.63) is 40.2 Å². The Bertz CT molecular complexity index is 1010. The van der Waals surface area contributed by atoms with Crippen LogP contribution in [0.15, 0.2) is 28.9 Å². The average Bonchev–Trinajstić information content (AvgIpc) is 2.68. The van der Waals surface area contributed by atoms with E-state index in [0.717, 1.165) is 11.1 Å². The largest absolute Gasteiger partial charge is 0.481 e. The maximum atomic E-state index is 14.1. The van der Waals surface area contributed by atoms with E-state index in [-0.39, 0.29) is 5.82 Å². The molecule has 0 aliphatic carbocycles. The minimum Gasteiger partial charge on any atom is -0.481 e. The highest BCUT2D eigenvalue weighted by Gasteiger charge is 2.19. The molecule has 0 N–H and O–H groups in total. The molecule has 6 nitrogen and oxygen atoms in total. The Labute approximate surface area is 164 Å². The third kappa shape index (κ3) is 3.46. The van der Waals surface area contributed by atoms with Crippen LogP contribution in [0.2, 0.25) is 0 Å². The predicted octanol–water partition coefficient (Wildman–Crippen LogP) is 3.75. The Balaban J connectivity index is 1.95. The summed E-state index contributed by atoms with van der Waals surface area (Å²) in [4.78, 5) is 15.9. The van der Waals surface area contributed by atoms with E-state index in [1.54, 1.807) is 13.3 Å². The number of ether oxygens (including phenoxy) is 2. The van der Waals surface area contributed by atoms with Crippen molar-refractivity contribution < 1.29 is 13.9 Å². The van der Waals surface area contributed by atoms with E-state index >= 15 is 0 Å². The molecule has 1 aliphatic rings. The molecule has 27 heavy (non-hydrogen) atoms. The zero-order chi connectivity index (χ0) is 19.0. The molecule has 1 aromatic carbocycles. The van der Waals surface area contributed by atoms with Crippen LogP contribution in [0, 0.1) is 12.7 Å². The first-order valence-electron chi connectivity index (χ1n) is 8.57. The molecule has 0 unspecified atom stereocenters. The lowest BCUT2D eigenvalue weighted by atomic mass is 10.1. The van der Waals surface area contributed by atoms with Crippen LogP contribution in [0.3, 0.4) is 0 Å². The number of hydrogen-bond acceptors (Lipinski definition) is 6. The summed E-state index contributed by atoms with van der Waals surface area (Å²) in [5.41, 5.74) is 2.97. The van der Waals surface area contributed by atoms with Crippen LogP contribution in [-0.4, -0.2) is 48.4 Å². The van der Waals surface area contributed by atoms with Crippen LogP contribution in [0.25, 0.3) is 22.2 Å². The van der Waals surface area contributed by atoms with Gasteiger partial charge in [-0.2, -0.15) is 0 Å². The molecule has 0 atom stereocenters. The Hall–Kier alpha value is -2.32. The van der Waals surface area contributed by atoms with Gasteiger partial charge in [0.05, 0.1) is 31.5 Å². The van der Waals surface area contributed by atoms with Crippen molar-refractivity contribution in [2.45, 2.75) is 6.92 Å². The van der Waals surface area contributed by atoms with Gasteiger partial charge in [0.15, 0.2) is 0 Å². The van der Waals surface area contributed by atoms with Crippen molar-refractivity contribution in [2.24, 2.45) is 0 Å². The zero-order valence-corrected chi connectivity index (χ0v) is 16.6. The van der Waals surface area contributed by atoms with E-state index in [2.05, 4.69) is 30.8 Å². The van der Waals surface area contributed by atoms with Gasteiger partial charge < -0.3 is 14.4 Å². The van der Waals surface area contributed by atoms with Gasteiger partial charge in [-0.3, -0.25) is 0 Å². The highest BCUT2D eigenvalue weighted by Crippen LogP contribution is 2.34. The predicted molar refractivity (Wildman–Crippen MR) is 105 cm³/mol. The lowest BCUT2D eigenvalue weighted by molar-refractivity contribution is 0.122. The fourth-order valence-corrected chi connectivity index (χ4v) is 3.70. The van der Waals surface area contributed by atoms with Crippen LogP contribution < -0.4 is 9.64 Å². The summed E-state index contributed by atoms with van der Waals surface area (Å²) in [6.07, 6.45) is 1.69. The first kappa shape index (κ1) is 18.1. The molecule has 1 fully saturated rings. The standard InChI is InChI=1S/C19H18BrFN4O2/c1-11-7-12(10-22-18(11)26-2)16-14-8-13(21)9-15(20)17(14)24-19(23-16)25-3-5-27-6-4-25/h7-10H,3-6H2,1-2H3. The normalized spacial score (nSPS) is 14.6. The number of aromatic nitrogens is 3. The van der Waals surface area contributed by atoms with Gasteiger partial charge in [0.1, 0.15) is 5.82 Å². The van der Waals surface area contributed by atoms with Crippen molar-refractivity contribution in [3.63, 3.8) is 0 Å². The molecule has 4 rings (SSSR count). The van der Waals surface area contributed by atoms with Crippen molar-refractivity contribution in [1.82, 2.24) is 15.0 Å². The van der Waals surface area contributed by atoms with Crippen LogP contribution in [-0.2, 0) is 4.74 Å². The lowest BCUT2D eigenvalue weighted by Crippen LogP contribution is -2.37. The number of fused-ring (bicyclic) bond motifs is 1. The topological polar surface area (TPSA) is 60.4 Å². The maximum Gasteiger partial charge on any atom is 0.226 e. The molecule has 0 amide bonds. The van der Waals surface area contributed by atoms with Gasteiger partial charge in [0.2, 0.25) is 11.8 Å². The van der Waals surface area contributed by atoms with Gasteiger partial charge in [-0.15, -0.1) is 0 Å². The van der Waals surface area contributed by atoms with Crippen LogP contribution in [0.4, 0.5) is 10.3 Å². The molecule has 2 aromatic heterocycles. The molecule has 0 radical (unpaired) electrons. The second-order valence-electron chi connectivity index (χ2n) is 6.31. The summed E-state index contributed by atoms with van der Waals surface area (Å²) in [7, 11) is 1.58. The van der Waals surface area contributed by atoms with E-state index in [1.165, 1.54) is 12.1 Å². The number of morpholine rings is 1. The molecule has 0 bridgehead atoms. The van der Waals surface area contributed by atoms with Gasteiger partial charge in [0, 0.05) is 40.3 Å². The average molecular weight is 433 g/mol. The van der Waals surface area contributed by atoms with Gasteiger partial charge in [-0.05, 0) is 41.1 Å². The van der Waals surface area contributed by atoms with E-state index in [9.17, 15) is 4.39 Å². The SMILES string of the molecule is COc1ncc(-c2nc(N3CCOCC3)nc3c(Br)cc(F)cc23)cc1C. The number of hydrogen-bond donors (Lipinski definition) is 0. The molecular formula is C19H18BrFN4O2. The highest BCUT2D eigenvalue weighted by molar-refractivity contribution is 9.10. The Morgan fingerprint density at radius 1 is 1.19 bits per heavy atom. The third-order valence-electron chi connectivity index (χ3n) is 4.50.